The SMILES string of the molecule is COCCNC(=O)c1ccc(NCC(=O)Nc2ccc(NC(C)=O)cc2)cc1. The molecular weight excluding hydrogens is 360 g/mol. The Morgan fingerprint density at radius 2 is 1.43 bits per heavy atom. The van der Waals surface area contributed by atoms with Crippen molar-refractivity contribution in [2.24, 2.45) is 0 Å². The highest BCUT2D eigenvalue weighted by atomic mass is 16.5. The molecule has 0 unspecified atom stereocenters. The predicted molar refractivity (Wildman–Crippen MR) is 109 cm³/mol. The molecule has 28 heavy (non-hydrogen) atoms. The molecule has 0 bridgehead atoms. The van der Waals surface area contributed by atoms with Crippen LogP contribution in [0.5, 0.6) is 0 Å². The fourth-order valence-electron chi connectivity index (χ4n) is 2.34. The topological polar surface area (TPSA) is 109 Å². The molecule has 0 atom stereocenters. The minimum absolute atomic E-state index is 0.0762. The van der Waals surface area contributed by atoms with Crippen molar-refractivity contribution in [3.63, 3.8) is 0 Å². The first kappa shape index (κ1) is 20.9. The Morgan fingerprint density at radius 1 is 0.857 bits per heavy atom. The van der Waals surface area contributed by atoms with Crippen LogP contribution in [-0.4, -0.2) is 44.5 Å². The van der Waals surface area contributed by atoms with Crippen molar-refractivity contribution in [1.82, 2.24) is 5.32 Å². The molecule has 0 aliphatic carbocycles. The van der Waals surface area contributed by atoms with E-state index in [1.165, 1.54) is 6.92 Å². The number of amides is 3. The quantitative estimate of drug-likeness (QED) is 0.495. The third kappa shape index (κ3) is 7.08. The van der Waals surface area contributed by atoms with Crippen LogP contribution >= 0.6 is 0 Å². The summed E-state index contributed by atoms with van der Waals surface area (Å²) in [5.74, 6) is -0.544. The smallest absolute Gasteiger partial charge is 0.251 e. The zero-order valence-corrected chi connectivity index (χ0v) is 15.9. The van der Waals surface area contributed by atoms with Gasteiger partial charge in [-0.05, 0) is 48.5 Å². The van der Waals surface area contributed by atoms with Crippen molar-refractivity contribution in [1.29, 1.82) is 0 Å². The van der Waals surface area contributed by atoms with E-state index in [-0.39, 0.29) is 24.3 Å². The maximum Gasteiger partial charge on any atom is 0.251 e. The van der Waals surface area contributed by atoms with Crippen LogP contribution in [0.2, 0.25) is 0 Å². The van der Waals surface area contributed by atoms with Crippen LogP contribution in [0.1, 0.15) is 17.3 Å². The van der Waals surface area contributed by atoms with Gasteiger partial charge in [-0.25, -0.2) is 0 Å². The standard InChI is InChI=1S/C20H24N4O4/c1-14(25)23-17-7-9-18(10-8-17)24-19(26)13-22-16-5-3-15(4-6-16)20(27)21-11-12-28-2/h3-10,22H,11-13H2,1-2H3,(H,21,27)(H,23,25)(H,24,26). The second-order valence-electron chi connectivity index (χ2n) is 5.99. The summed E-state index contributed by atoms with van der Waals surface area (Å²) in [6.07, 6.45) is 0. The van der Waals surface area contributed by atoms with Crippen LogP contribution in [0, 0.1) is 0 Å². The van der Waals surface area contributed by atoms with Gasteiger partial charge >= 0.3 is 0 Å². The van der Waals surface area contributed by atoms with Crippen LogP contribution in [0.3, 0.4) is 0 Å². The molecule has 2 rings (SSSR count). The van der Waals surface area contributed by atoms with Gasteiger partial charge in [0.25, 0.3) is 5.91 Å². The van der Waals surface area contributed by atoms with E-state index in [1.54, 1.807) is 55.6 Å². The molecule has 8 nitrogen and oxygen atoms in total. The Hall–Kier alpha value is -3.39. The maximum absolute atomic E-state index is 12.1. The number of hydrogen-bond acceptors (Lipinski definition) is 5. The van der Waals surface area contributed by atoms with Gasteiger partial charge in [0.05, 0.1) is 13.2 Å². The number of hydrogen-bond donors (Lipinski definition) is 4. The van der Waals surface area contributed by atoms with Gasteiger partial charge in [-0.2, -0.15) is 0 Å². The van der Waals surface area contributed by atoms with Crippen LogP contribution in [0.15, 0.2) is 48.5 Å². The predicted octanol–water partition coefficient (Wildman–Crippen LogP) is 2.07. The lowest BCUT2D eigenvalue weighted by Gasteiger charge is -2.09. The molecule has 2 aromatic carbocycles. The van der Waals surface area contributed by atoms with E-state index in [0.717, 1.165) is 5.69 Å². The zero-order chi connectivity index (χ0) is 20.4. The Kier molecular flexibility index (Phi) is 7.98. The van der Waals surface area contributed by atoms with Crippen molar-refractivity contribution in [3.8, 4) is 0 Å². The molecule has 4 N–H and O–H groups in total. The lowest BCUT2D eigenvalue weighted by atomic mass is 10.2. The average molecular weight is 384 g/mol. The summed E-state index contributed by atoms with van der Waals surface area (Å²) < 4.78 is 4.89. The summed E-state index contributed by atoms with van der Waals surface area (Å²) in [4.78, 5) is 35.0. The normalized spacial score (nSPS) is 10.1. The number of carbonyl (C=O) groups is 3. The summed E-state index contributed by atoms with van der Waals surface area (Å²) >= 11 is 0. The lowest BCUT2D eigenvalue weighted by molar-refractivity contribution is -0.115. The first-order chi connectivity index (χ1) is 13.5. The Labute approximate surface area is 163 Å². The van der Waals surface area contributed by atoms with Gasteiger partial charge < -0.3 is 26.0 Å². The van der Waals surface area contributed by atoms with E-state index in [1.807, 2.05) is 0 Å². The highest BCUT2D eigenvalue weighted by Crippen LogP contribution is 2.14. The van der Waals surface area contributed by atoms with E-state index in [9.17, 15) is 14.4 Å². The van der Waals surface area contributed by atoms with Crippen LogP contribution in [0.25, 0.3) is 0 Å². The summed E-state index contributed by atoms with van der Waals surface area (Å²) in [6.45, 7) is 2.41. The lowest BCUT2D eigenvalue weighted by Crippen LogP contribution is -2.26. The summed E-state index contributed by atoms with van der Waals surface area (Å²) in [6, 6.07) is 13.7. The monoisotopic (exact) mass is 384 g/mol. The number of carbonyl (C=O) groups excluding carboxylic acids is 3. The molecule has 8 heteroatoms. The minimum Gasteiger partial charge on any atom is -0.383 e. The zero-order valence-electron chi connectivity index (χ0n) is 15.9. The number of ether oxygens (including phenoxy) is 1. The molecule has 3 amide bonds. The third-order valence-electron chi connectivity index (χ3n) is 3.68. The van der Waals surface area contributed by atoms with Crippen LogP contribution < -0.4 is 21.3 Å². The molecule has 0 aliphatic heterocycles. The fourth-order valence-corrected chi connectivity index (χ4v) is 2.34. The van der Waals surface area contributed by atoms with Gasteiger partial charge in [-0.3, -0.25) is 14.4 Å². The molecule has 0 spiro atoms. The summed E-state index contributed by atoms with van der Waals surface area (Å²) in [7, 11) is 1.57. The van der Waals surface area contributed by atoms with Gasteiger partial charge in [0.2, 0.25) is 11.8 Å². The number of nitrogens with one attached hydrogen (secondary N) is 4. The molecule has 0 radical (unpaired) electrons. The second-order valence-corrected chi connectivity index (χ2v) is 5.99. The first-order valence-electron chi connectivity index (χ1n) is 8.76. The van der Waals surface area contributed by atoms with Crippen molar-refractivity contribution >= 4 is 34.8 Å². The molecule has 0 fully saturated rings. The largest absolute Gasteiger partial charge is 0.383 e. The number of benzene rings is 2. The molecule has 0 heterocycles. The third-order valence-corrected chi connectivity index (χ3v) is 3.68. The highest BCUT2D eigenvalue weighted by Gasteiger charge is 2.06. The summed E-state index contributed by atoms with van der Waals surface area (Å²) in [5, 5.41) is 11.2. The van der Waals surface area contributed by atoms with Gasteiger partial charge in [0.1, 0.15) is 0 Å². The van der Waals surface area contributed by atoms with Crippen LogP contribution in [-0.2, 0) is 14.3 Å². The van der Waals surface area contributed by atoms with Crippen molar-refractivity contribution < 1.29 is 19.1 Å². The maximum atomic E-state index is 12.1. The van der Waals surface area contributed by atoms with Crippen molar-refractivity contribution in [2.75, 3.05) is 42.8 Å². The highest BCUT2D eigenvalue weighted by molar-refractivity contribution is 5.95. The Bertz CT molecular complexity index is 804. The molecule has 0 aromatic heterocycles. The van der Waals surface area contributed by atoms with E-state index >= 15 is 0 Å². The molecule has 0 saturated heterocycles. The fraction of sp³-hybridized carbons (Fsp3) is 0.250. The van der Waals surface area contributed by atoms with Gasteiger partial charge in [-0.1, -0.05) is 0 Å². The number of rotatable bonds is 9. The molecular formula is C20H24N4O4. The second kappa shape index (κ2) is 10.7. The van der Waals surface area contributed by atoms with Gasteiger partial charge in [-0.15, -0.1) is 0 Å². The number of anilines is 3. The van der Waals surface area contributed by atoms with Gasteiger partial charge in [0.15, 0.2) is 0 Å². The Balaban J connectivity index is 1.79. The molecule has 2 aromatic rings. The van der Waals surface area contributed by atoms with Crippen molar-refractivity contribution in [2.45, 2.75) is 6.92 Å². The molecule has 148 valence electrons. The van der Waals surface area contributed by atoms with E-state index < -0.39 is 0 Å². The molecule has 0 aliphatic rings. The molecule has 0 saturated carbocycles. The van der Waals surface area contributed by atoms with Crippen molar-refractivity contribution in [3.05, 3.63) is 54.1 Å². The van der Waals surface area contributed by atoms with Gasteiger partial charge in [0, 0.05) is 43.2 Å². The average Bonchev–Trinajstić information content (AvgIpc) is 2.68. The number of methoxy groups -OCH3 is 1. The first-order valence-corrected chi connectivity index (χ1v) is 8.76. The summed E-state index contributed by atoms with van der Waals surface area (Å²) in [5.41, 5.74) is 2.55. The van der Waals surface area contributed by atoms with Crippen LogP contribution in [0.4, 0.5) is 17.1 Å². The van der Waals surface area contributed by atoms with E-state index in [0.29, 0.717) is 30.1 Å². The van der Waals surface area contributed by atoms with E-state index in [4.69, 9.17) is 4.74 Å². The van der Waals surface area contributed by atoms with E-state index in [2.05, 4.69) is 21.3 Å². The Morgan fingerprint density at radius 3 is 2.00 bits per heavy atom. The minimum atomic E-state index is -0.214.